The van der Waals surface area contributed by atoms with E-state index in [0.29, 0.717) is 11.8 Å². The monoisotopic (exact) mass is 203 g/mol. The van der Waals surface area contributed by atoms with E-state index in [0.717, 1.165) is 6.54 Å². The van der Waals surface area contributed by atoms with Crippen molar-refractivity contribution in [2.45, 2.75) is 5.92 Å². The Kier molecular flexibility index (Phi) is 1.83. The molecule has 1 aromatic carbocycles. The van der Waals surface area contributed by atoms with Gasteiger partial charge < -0.3 is 0 Å². The number of rotatable bonds is 2. The van der Waals surface area contributed by atoms with Gasteiger partial charge in [0.1, 0.15) is 0 Å². The van der Waals surface area contributed by atoms with E-state index >= 15 is 0 Å². The lowest BCUT2D eigenvalue weighted by Gasteiger charge is -2.16. The smallest absolute Gasteiger partial charge is 0.250 e. The summed E-state index contributed by atoms with van der Waals surface area (Å²) in [5, 5.41) is 1.48. The molecule has 2 fully saturated rings. The average Bonchev–Trinajstić information content (AvgIpc) is 2.91. The molecule has 0 bridgehead atoms. The number of carbonyl (C=O) groups is 1. The maximum atomic E-state index is 11.8. The molecule has 15 heavy (non-hydrogen) atoms. The molecule has 0 N–H and O–H groups in total. The van der Waals surface area contributed by atoms with Gasteiger partial charge >= 0.3 is 0 Å². The van der Waals surface area contributed by atoms with E-state index in [1.807, 2.05) is 18.2 Å². The first-order chi connectivity index (χ1) is 7.33. The molecule has 1 amide bonds. The molecule has 1 aliphatic heterocycles. The Morgan fingerprint density at radius 3 is 2.53 bits per heavy atom. The van der Waals surface area contributed by atoms with Crippen molar-refractivity contribution in [3.63, 3.8) is 0 Å². The van der Waals surface area contributed by atoms with Gasteiger partial charge in [-0.15, -0.1) is 0 Å². The van der Waals surface area contributed by atoms with Gasteiger partial charge in [0.2, 0.25) is 5.91 Å². The lowest BCUT2D eigenvalue weighted by molar-refractivity contribution is -0.171. The maximum Gasteiger partial charge on any atom is 0.250 e. The Labute approximate surface area is 88.6 Å². The molecule has 0 radical (unpaired) electrons. The Morgan fingerprint density at radius 1 is 1.27 bits per heavy atom. The zero-order chi connectivity index (χ0) is 10.4. The SMILES string of the molecule is CON1C[C@H]2[C@@H](C1=O)[C@@H]2c1ccccc1. The van der Waals surface area contributed by atoms with Gasteiger partial charge in [0.15, 0.2) is 0 Å². The molecule has 0 spiro atoms. The van der Waals surface area contributed by atoms with Gasteiger partial charge in [-0.1, -0.05) is 30.3 Å². The second kappa shape index (κ2) is 3.07. The van der Waals surface area contributed by atoms with E-state index in [4.69, 9.17) is 4.84 Å². The molecule has 2 aliphatic rings. The molecule has 0 unspecified atom stereocenters. The second-order valence-corrected chi connectivity index (χ2v) is 4.21. The second-order valence-electron chi connectivity index (χ2n) is 4.21. The first-order valence-corrected chi connectivity index (χ1v) is 5.23. The van der Waals surface area contributed by atoms with Crippen molar-refractivity contribution in [1.29, 1.82) is 0 Å². The lowest BCUT2D eigenvalue weighted by atomic mass is 10.1. The molecule has 3 heteroatoms. The summed E-state index contributed by atoms with van der Waals surface area (Å²) in [5.41, 5.74) is 1.29. The van der Waals surface area contributed by atoms with E-state index in [1.54, 1.807) is 7.11 Å². The molecular weight excluding hydrogens is 190 g/mol. The number of fused-ring (bicyclic) bond motifs is 1. The largest absolute Gasteiger partial charge is 0.274 e. The number of carbonyl (C=O) groups excluding carboxylic acids is 1. The van der Waals surface area contributed by atoms with Gasteiger partial charge in [0.25, 0.3) is 0 Å². The summed E-state index contributed by atoms with van der Waals surface area (Å²) in [5.74, 6) is 1.23. The molecule has 3 rings (SSSR count). The molecule has 1 saturated heterocycles. The first-order valence-electron chi connectivity index (χ1n) is 5.23. The molecule has 1 aromatic rings. The first kappa shape index (κ1) is 8.92. The quantitative estimate of drug-likeness (QED) is 0.727. The van der Waals surface area contributed by atoms with Crippen LogP contribution in [0.2, 0.25) is 0 Å². The zero-order valence-corrected chi connectivity index (χ0v) is 8.59. The summed E-state index contributed by atoms with van der Waals surface area (Å²) in [6.07, 6.45) is 0. The Balaban J connectivity index is 1.79. The van der Waals surface area contributed by atoms with E-state index < -0.39 is 0 Å². The minimum Gasteiger partial charge on any atom is -0.274 e. The van der Waals surface area contributed by atoms with Crippen molar-refractivity contribution in [2.24, 2.45) is 11.8 Å². The Bertz CT molecular complexity index is 390. The third-order valence-corrected chi connectivity index (χ3v) is 3.48. The third kappa shape index (κ3) is 1.20. The molecular formula is C12H13NO2. The van der Waals surface area contributed by atoms with Crippen molar-refractivity contribution >= 4 is 5.91 Å². The van der Waals surface area contributed by atoms with Crippen LogP contribution in [0.4, 0.5) is 0 Å². The van der Waals surface area contributed by atoms with Crippen LogP contribution in [0.5, 0.6) is 0 Å². The number of benzene rings is 1. The van der Waals surface area contributed by atoms with Gasteiger partial charge in [0, 0.05) is 5.92 Å². The molecule has 78 valence electrons. The van der Waals surface area contributed by atoms with Gasteiger partial charge in [0.05, 0.1) is 19.6 Å². The van der Waals surface area contributed by atoms with Gasteiger partial charge in [-0.05, 0) is 11.5 Å². The van der Waals surface area contributed by atoms with Crippen LogP contribution in [0.1, 0.15) is 11.5 Å². The standard InChI is InChI=1S/C12H13NO2/c1-15-13-7-9-10(11(9)12(13)14)8-5-3-2-4-6-8/h2-6,9-11H,7H2,1H3/t9-,10-,11-/m1/s1. The summed E-state index contributed by atoms with van der Waals surface area (Å²) in [6, 6.07) is 10.3. The topological polar surface area (TPSA) is 29.5 Å². The minimum absolute atomic E-state index is 0.149. The maximum absolute atomic E-state index is 11.8. The highest BCUT2D eigenvalue weighted by Gasteiger charge is 2.62. The van der Waals surface area contributed by atoms with Crippen molar-refractivity contribution in [3.05, 3.63) is 35.9 Å². The molecule has 3 atom stereocenters. The lowest BCUT2D eigenvalue weighted by Crippen LogP contribution is -2.28. The van der Waals surface area contributed by atoms with Gasteiger partial charge in [-0.2, -0.15) is 0 Å². The average molecular weight is 203 g/mol. The predicted octanol–water partition coefficient (Wildman–Crippen LogP) is 1.42. The molecule has 1 saturated carbocycles. The molecule has 0 aromatic heterocycles. The van der Waals surface area contributed by atoms with Crippen molar-refractivity contribution in [1.82, 2.24) is 5.06 Å². The van der Waals surface area contributed by atoms with Crippen molar-refractivity contribution in [2.75, 3.05) is 13.7 Å². The van der Waals surface area contributed by atoms with Gasteiger partial charge in [-0.25, -0.2) is 5.06 Å². The summed E-state index contributed by atoms with van der Waals surface area (Å²) >= 11 is 0. The van der Waals surface area contributed by atoms with Crippen LogP contribution in [0.15, 0.2) is 30.3 Å². The Morgan fingerprint density at radius 2 is 2.00 bits per heavy atom. The highest BCUT2D eigenvalue weighted by atomic mass is 16.7. The van der Waals surface area contributed by atoms with E-state index in [1.165, 1.54) is 10.6 Å². The van der Waals surface area contributed by atoms with Gasteiger partial charge in [-0.3, -0.25) is 9.63 Å². The van der Waals surface area contributed by atoms with E-state index in [9.17, 15) is 4.79 Å². The highest BCUT2D eigenvalue weighted by Crippen LogP contribution is 2.58. The summed E-state index contributed by atoms with van der Waals surface area (Å²) in [4.78, 5) is 16.8. The molecule has 1 heterocycles. The summed E-state index contributed by atoms with van der Waals surface area (Å²) < 4.78 is 0. The van der Waals surface area contributed by atoms with Crippen LogP contribution in [-0.2, 0) is 9.63 Å². The fraction of sp³-hybridized carbons (Fsp3) is 0.417. The fourth-order valence-electron chi connectivity index (χ4n) is 2.68. The number of hydrogen-bond acceptors (Lipinski definition) is 2. The summed E-state index contributed by atoms with van der Waals surface area (Å²) in [7, 11) is 1.56. The van der Waals surface area contributed by atoms with Crippen LogP contribution in [0.3, 0.4) is 0 Å². The molecule has 1 aliphatic carbocycles. The number of piperidine rings is 1. The predicted molar refractivity (Wildman–Crippen MR) is 54.9 cm³/mol. The van der Waals surface area contributed by atoms with Crippen molar-refractivity contribution in [3.8, 4) is 0 Å². The number of hydroxylamine groups is 2. The van der Waals surface area contributed by atoms with Crippen LogP contribution >= 0.6 is 0 Å². The normalized spacial score (nSPS) is 33.0. The number of amides is 1. The fourth-order valence-corrected chi connectivity index (χ4v) is 2.68. The van der Waals surface area contributed by atoms with Crippen molar-refractivity contribution < 1.29 is 9.63 Å². The Hall–Kier alpha value is -1.35. The molecule has 3 nitrogen and oxygen atoms in total. The van der Waals surface area contributed by atoms with Crippen LogP contribution in [-0.4, -0.2) is 24.6 Å². The zero-order valence-electron chi connectivity index (χ0n) is 8.59. The number of nitrogens with zero attached hydrogens (tertiary/aromatic N) is 1. The number of hydrogen-bond donors (Lipinski definition) is 0. The van der Waals surface area contributed by atoms with E-state index in [-0.39, 0.29) is 11.8 Å². The van der Waals surface area contributed by atoms with Crippen LogP contribution in [0, 0.1) is 11.8 Å². The minimum atomic E-state index is 0.149. The summed E-state index contributed by atoms with van der Waals surface area (Å²) in [6.45, 7) is 0.750. The third-order valence-electron chi connectivity index (χ3n) is 3.48. The van der Waals surface area contributed by atoms with Crippen LogP contribution in [0.25, 0.3) is 0 Å². The van der Waals surface area contributed by atoms with Crippen LogP contribution < -0.4 is 0 Å². The highest BCUT2D eigenvalue weighted by molar-refractivity contribution is 5.85. The van der Waals surface area contributed by atoms with E-state index in [2.05, 4.69) is 12.1 Å².